The van der Waals surface area contributed by atoms with Gasteiger partial charge in [0, 0.05) is 33.1 Å². The van der Waals surface area contributed by atoms with Gasteiger partial charge in [0.05, 0.1) is 11.3 Å². The van der Waals surface area contributed by atoms with Crippen LogP contribution in [-0.2, 0) is 4.79 Å². The summed E-state index contributed by atoms with van der Waals surface area (Å²) in [5.41, 5.74) is 1.13. The maximum atomic E-state index is 11.2. The number of benzene rings is 1. The van der Waals surface area contributed by atoms with Gasteiger partial charge in [0.15, 0.2) is 0 Å². The van der Waals surface area contributed by atoms with Crippen LogP contribution >= 0.6 is 22.6 Å². The van der Waals surface area contributed by atoms with Gasteiger partial charge in [0.2, 0.25) is 0 Å². The van der Waals surface area contributed by atoms with Gasteiger partial charge >= 0.3 is 0 Å². The molecule has 3 nitrogen and oxygen atoms in total. The van der Waals surface area contributed by atoms with Crippen molar-refractivity contribution in [1.82, 2.24) is 0 Å². The van der Waals surface area contributed by atoms with Crippen molar-refractivity contribution >= 4 is 69.5 Å². The van der Waals surface area contributed by atoms with Crippen LogP contribution in [-0.4, -0.2) is 41.2 Å². The summed E-state index contributed by atoms with van der Waals surface area (Å²) in [7, 11) is 0. The van der Waals surface area contributed by atoms with E-state index < -0.39 is 11.7 Å². The van der Waals surface area contributed by atoms with Crippen LogP contribution in [0.3, 0.4) is 0 Å². The molecular weight excluding hydrogens is 292 g/mol. The molecule has 0 aromatic heterocycles. The summed E-state index contributed by atoms with van der Waals surface area (Å²) in [5, 5.41) is 2.49. The maximum Gasteiger partial charge on any atom is 0.296 e. The first-order valence-electron chi connectivity index (χ1n) is 3.34. The number of hydrogen-bond donors (Lipinski definition) is 1. The molecule has 1 aliphatic rings. The summed E-state index contributed by atoms with van der Waals surface area (Å²) in [5.74, 6) is -0.968. The predicted molar refractivity (Wildman–Crippen MR) is 57.9 cm³/mol. The van der Waals surface area contributed by atoms with Crippen molar-refractivity contribution in [3.63, 3.8) is 0 Å². The zero-order valence-corrected chi connectivity index (χ0v) is 11.1. The second-order valence-corrected chi connectivity index (χ2v) is 3.61. The van der Waals surface area contributed by atoms with Crippen LogP contribution in [0, 0.1) is 3.57 Å². The van der Waals surface area contributed by atoms with Gasteiger partial charge in [-0.2, -0.15) is 0 Å². The van der Waals surface area contributed by atoms with Gasteiger partial charge < -0.3 is 5.32 Å². The van der Waals surface area contributed by atoms with E-state index in [1.807, 2.05) is 22.6 Å². The number of anilines is 1. The molecule has 1 radical (unpaired) electrons. The number of ketones is 1. The molecule has 5 heteroatoms. The zero-order valence-electron chi connectivity index (χ0n) is 6.93. The first-order chi connectivity index (χ1) is 5.70. The van der Waals surface area contributed by atoms with Crippen LogP contribution in [0.5, 0.6) is 0 Å². The topological polar surface area (TPSA) is 46.2 Å². The molecule has 1 aromatic carbocycles. The molecule has 0 saturated carbocycles. The standard InChI is InChI=1S/C8H4INO2.Na/c9-4-2-1-3-5-6(4)7(11)8(12)10-5;/h1-3H,(H,10,11,12);. The van der Waals surface area contributed by atoms with E-state index in [-0.39, 0.29) is 29.6 Å². The van der Waals surface area contributed by atoms with Crippen molar-refractivity contribution in [1.29, 1.82) is 0 Å². The number of carbonyl (C=O) groups is 2. The molecule has 0 bridgehead atoms. The summed E-state index contributed by atoms with van der Waals surface area (Å²) in [4.78, 5) is 22.1. The van der Waals surface area contributed by atoms with Gasteiger partial charge in [0.25, 0.3) is 11.7 Å². The third kappa shape index (κ3) is 1.81. The van der Waals surface area contributed by atoms with E-state index in [0.29, 0.717) is 11.3 Å². The van der Waals surface area contributed by atoms with Crippen LogP contribution in [0.4, 0.5) is 5.69 Å². The second kappa shape index (κ2) is 4.08. The van der Waals surface area contributed by atoms with Crippen LogP contribution in [0.25, 0.3) is 0 Å². The number of amides is 1. The normalized spacial score (nSPS) is 13.3. The Morgan fingerprint density at radius 3 is 2.54 bits per heavy atom. The Bertz CT molecular complexity index is 392. The Labute approximate surface area is 111 Å². The largest absolute Gasteiger partial charge is 0.318 e. The fraction of sp³-hybridized carbons (Fsp3) is 0. The van der Waals surface area contributed by atoms with E-state index in [4.69, 9.17) is 0 Å². The summed E-state index contributed by atoms with van der Waals surface area (Å²) in [6.07, 6.45) is 0. The molecule has 1 aromatic rings. The number of carbonyl (C=O) groups excluding carboxylic acids is 2. The minimum atomic E-state index is -0.533. The Morgan fingerprint density at radius 2 is 1.92 bits per heavy atom. The van der Waals surface area contributed by atoms with Gasteiger partial charge in [-0.1, -0.05) is 6.07 Å². The van der Waals surface area contributed by atoms with Crippen LogP contribution in [0.2, 0.25) is 0 Å². The second-order valence-electron chi connectivity index (χ2n) is 2.45. The Hall–Kier alpha value is 0.0900. The van der Waals surface area contributed by atoms with Gasteiger partial charge in [-0.25, -0.2) is 0 Å². The van der Waals surface area contributed by atoms with E-state index in [0.717, 1.165) is 3.57 Å². The van der Waals surface area contributed by atoms with E-state index in [1.165, 1.54) is 0 Å². The Balaban J connectivity index is 0.000000845. The van der Waals surface area contributed by atoms with Crippen LogP contribution < -0.4 is 5.32 Å². The number of halogens is 1. The molecular formula is C8H4INNaO2. The average molecular weight is 296 g/mol. The Morgan fingerprint density at radius 1 is 1.23 bits per heavy atom. The fourth-order valence-electron chi connectivity index (χ4n) is 1.15. The Kier molecular flexibility index (Phi) is 3.50. The van der Waals surface area contributed by atoms with E-state index in [1.54, 1.807) is 18.2 Å². The smallest absolute Gasteiger partial charge is 0.296 e. The van der Waals surface area contributed by atoms with Crippen LogP contribution in [0.15, 0.2) is 18.2 Å². The summed E-state index contributed by atoms with van der Waals surface area (Å²) in [6.45, 7) is 0. The molecule has 1 amide bonds. The van der Waals surface area contributed by atoms with E-state index >= 15 is 0 Å². The molecule has 1 aliphatic heterocycles. The van der Waals surface area contributed by atoms with Crippen LogP contribution in [0.1, 0.15) is 10.4 Å². The number of nitrogens with one attached hydrogen (secondary N) is 1. The van der Waals surface area contributed by atoms with E-state index in [9.17, 15) is 9.59 Å². The van der Waals surface area contributed by atoms with Crippen molar-refractivity contribution < 1.29 is 9.59 Å². The SMILES string of the molecule is O=C1Nc2cccc(I)c2C1=O.[Na]. The monoisotopic (exact) mass is 296 g/mol. The quantitative estimate of drug-likeness (QED) is 0.442. The molecule has 0 spiro atoms. The van der Waals surface area contributed by atoms with Gasteiger partial charge in [-0.15, -0.1) is 0 Å². The molecule has 61 valence electrons. The molecule has 1 heterocycles. The zero-order chi connectivity index (χ0) is 8.72. The predicted octanol–water partition coefficient (Wildman–Crippen LogP) is 1.05. The summed E-state index contributed by atoms with van der Waals surface area (Å²) >= 11 is 2.04. The maximum absolute atomic E-state index is 11.2. The first kappa shape index (κ1) is 11.2. The number of hydrogen-bond acceptors (Lipinski definition) is 2. The molecule has 2 rings (SSSR count). The van der Waals surface area contributed by atoms with Crippen molar-refractivity contribution in [3.8, 4) is 0 Å². The molecule has 0 fully saturated rings. The third-order valence-corrected chi connectivity index (χ3v) is 2.59. The fourth-order valence-corrected chi connectivity index (χ4v) is 1.89. The molecule has 1 N–H and O–H groups in total. The van der Waals surface area contributed by atoms with Crippen molar-refractivity contribution in [3.05, 3.63) is 27.3 Å². The van der Waals surface area contributed by atoms with Crippen molar-refractivity contribution in [2.45, 2.75) is 0 Å². The summed E-state index contributed by atoms with van der Waals surface area (Å²) in [6, 6.07) is 5.33. The van der Waals surface area contributed by atoms with E-state index in [2.05, 4.69) is 5.32 Å². The summed E-state index contributed by atoms with van der Waals surface area (Å²) < 4.78 is 0.813. The van der Waals surface area contributed by atoms with Crippen molar-refractivity contribution in [2.75, 3.05) is 5.32 Å². The first-order valence-corrected chi connectivity index (χ1v) is 4.42. The molecule has 0 aliphatic carbocycles. The number of Topliss-reactive ketones (excluding diaryl/α,β-unsaturated/α-hetero) is 1. The molecule has 0 atom stereocenters. The number of fused-ring (bicyclic) bond motifs is 1. The van der Waals surface area contributed by atoms with Gasteiger partial charge in [0.1, 0.15) is 0 Å². The van der Waals surface area contributed by atoms with Gasteiger partial charge in [-0.05, 0) is 34.7 Å². The average Bonchev–Trinajstić information content (AvgIpc) is 2.29. The minimum absolute atomic E-state index is 0. The third-order valence-electron chi connectivity index (χ3n) is 1.70. The van der Waals surface area contributed by atoms with Gasteiger partial charge in [-0.3, -0.25) is 9.59 Å². The molecule has 0 unspecified atom stereocenters. The van der Waals surface area contributed by atoms with Crippen molar-refractivity contribution in [2.24, 2.45) is 0 Å². The minimum Gasteiger partial charge on any atom is -0.318 e. The molecule has 0 saturated heterocycles. The molecule has 13 heavy (non-hydrogen) atoms. The number of rotatable bonds is 0.